The number of aromatic nitrogens is 3. The van der Waals surface area contributed by atoms with E-state index in [-0.39, 0.29) is 0 Å². The predicted octanol–water partition coefficient (Wildman–Crippen LogP) is 1.77. The molecule has 5 nitrogen and oxygen atoms in total. The fourth-order valence-corrected chi connectivity index (χ4v) is 2.39. The molecule has 2 rings (SSSR count). The summed E-state index contributed by atoms with van der Waals surface area (Å²) in [5, 5.41) is 7.63. The van der Waals surface area contributed by atoms with Crippen LogP contribution in [0.15, 0.2) is 6.33 Å². The van der Waals surface area contributed by atoms with Crippen LogP contribution in [0.3, 0.4) is 0 Å². The topological polar surface area (TPSA) is 52.0 Å². The minimum atomic E-state index is 0.341. The molecule has 1 aromatic heterocycles. The largest absolute Gasteiger partial charge is 0.373 e. The van der Waals surface area contributed by atoms with Crippen molar-refractivity contribution in [3.63, 3.8) is 0 Å². The maximum absolute atomic E-state index is 5.72. The van der Waals surface area contributed by atoms with E-state index < -0.39 is 0 Å². The van der Waals surface area contributed by atoms with Crippen LogP contribution in [0.4, 0.5) is 0 Å². The number of rotatable bonds is 6. The Morgan fingerprint density at radius 3 is 3.17 bits per heavy atom. The Hall–Kier alpha value is -0.940. The summed E-state index contributed by atoms with van der Waals surface area (Å²) in [6.07, 6.45) is 5.37. The Morgan fingerprint density at radius 1 is 1.56 bits per heavy atom. The van der Waals surface area contributed by atoms with Crippen molar-refractivity contribution in [2.24, 2.45) is 5.92 Å². The Kier molecular flexibility index (Phi) is 5.13. The first-order chi connectivity index (χ1) is 8.77. The smallest absolute Gasteiger partial charge is 0.153 e. The van der Waals surface area contributed by atoms with Crippen molar-refractivity contribution in [1.82, 2.24) is 20.1 Å². The predicted molar refractivity (Wildman–Crippen MR) is 70.3 cm³/mol. The van der Waals surface area contributed by atoms with Gasteiger partial charge in [-0.2, -0.15) is 5.10 Å². The zero-order valence-electron chi connectivity index (χ0n) is 11.4. The first-order valence-corrected chi connectivity index (χ1v) is 6.94. The van der Waals surface area contributed by atoms with Crippen molar-refractivity contribution in [3.8, 4) is 0 Å². The van der Waals surface area contributed by atoms with Gasteiger partial charge in [0.15, 0.2) is 5.82 Å². The van der Waals surface area contributed by atoms with Gasteiger partial charge in [0.2, 0.25) is 0 Å². The lowest BCUT2D eigenvalue weighted by Crippen LogP contribution is -2.30. The fraction of sp³-hybridized carbons (Fsp3) is 0.846. The van der Waals surface area contributed by atoms with Crippen LogP contribution in [0.1, 0.15) is 45.0 Å². The molecule has 1 unspecified atom stereocenters. The summed E-state index contributed by atoms with van der Waals surface area (Å²) in [6.45, 7) is 7.91. The third-order valence-electron chi connectivity index (χ3n) is 3.44. The maximum atomic E-state index is 5.72. The van der Waals surface area contributed by atoms with E-state index in [2.05, 4.69) is 29.2 Å². The molecule has 1 saturated heterocycles. The normalized spacial score (nSPS) is 20.5. The number of ether oxygens (including phenoxy) is 1. The van der Waals surface area contributed by atoms with Crippen LogP contribution in [-0.4, -0.2) is 34.5 Å². The lowest BCUT2D eigenvalue weighted by molar-refractivity contribution is 0.0951. The molecule has 1 aliphatic rings. The molecular formula is C13H24N4O. The van der Waals surface area contributed by atoms with E-state index in [4.69, 9.17) is 4.74 Å². The van der Waals surface area contributed by atoms with E-state index in [1.165, 1.54) is 19.4 Å². The second-order valence-electron chi connectivity index (χ2n) is 5.27. The van der Waals surface area contributed by atoms with Gasteiger partial charge in [0.25, 0.3) is 0 Å². The van der Waals surface area contributed by atoms with Crippen LogP contribution in [0.5, 0.6) is 0 Å². The van der Waals surface area contributed by atoms with Gasteiger partial charge in [-0.3, -0.25) is 0 Å². The quantitative estimate of drug-likeness (QED) is 0.784. The summed E-state index contributed by atoms with van der Waals surface area (Å²) in [4.78, 5) is 4.24. The van der Waals surface area contributed by atoms with E-state index in [1.54, 1.807) is 6.33 Å². The van der Waals surface area contributed by atoms with Crippen LogP contribution < -0.4 is 5.32 Å². The van der Waals surface area contributed by atoms with Gasteiger partial charge >= 0.3 is 0 Å². The summed E-state index contributed by atoms with van der Waals surface area (Å²) < 4.78 is 7.64. The van der Waals surface area contributed by atoms with E-state index in [9.17, 15) is 0 Å². The molecule has 1 N–H and O–H groups in total. The number of nitrogens with one attached hydrogen (secondary N) is 1. The van der Waals surface area contributed by atoms with Gasteiger partial charge in [-0.25, -0.2) is 9.67 Å². The SMILES string of the molecule is CC(C)n1ncnc1COCCC1CCCNC1. The standard InChI is InChI=1S/C13H24N4O/c1-11(2)17-13(15-10-16-17)9-18-7-5-12-4-3-6-14-8-12/h10-12,14H,3-9H2,1-2H3. The molecule has 0 spiro atoms. The zero-order chi connectivity index (χ0) is 12.8. The number of hydrogen-bond acceptors (Lipinski definition) is 4. The van der Waals surface area contributed by atoms with E-state index >= 15 is 0 Å². The summed E-state index contributed by atoms with van der Waals surface area (Å²) in [7, 11) is 0. The molecule has 5 heteroatoms. The molecule has 0 amide bonds. The lowest BCUT2D eigenvalue weighted by atomic mass is 9.97. The Bertz CT molecular complexity index is 345. The summed E-state index contributed by atoms with van der Waals surface area (Å²) in [6, 6.07) is 0.341. The number of hydrogen-bond donors (Lipinski definition) is 1. The van der Waals surface area contributed by atoms with Gasteiger partial charge < -0.3 is 10.1 Å². The first kappa shape index (κ1) is 13.5. The molecule has 2 heterocycles. The Labute approximate surface area is 109 Å². The zero-order valence-corrected chi connectivity index (χ0v) is 11.4. The average molecular weight is 252 g/mol. The molecule has 18 heavy (non-hydrogen) atoms. The van der Waals surface area contributed by atoms with E-state index in [1.807, 2.05) is 4.68 Å². The Balaban J connectivity index is 1.66. The van der Waals surface area contributed by atoms with Crippen molar-refractivity contribution < 1.29 is 4.74 Å². The minimum Gasteiger partial charge on any atom is -0.373 e. The molecule has 1 aliphatic heterocycles. The van der Waals surface area contributed by atoms with Crippen molar-refractivity contribution in [3.05, 3.63) is 12.2 Å². The highest BCUT2D eigenvalue weighted by atomic mass is 16.5. The summed E-state index contributed by atoms with van der Waals surface area (Å²) in [5.41, 5.74) is 0. The van der Waals surface area contributed by atoms with Gasteiger partial charge in [-0.15, -0.1) is 0 Å². The average Bonchev–Trinajstić information content (AvgIpc) is 2.84. The van der Waals surface area contributed by atoms with Crippen LogP contribution in [0, 0.1) is 5.92 Å². The van der Waals surface area contributed by atoms with Gasteiger partial charge in [-0.05, 0) is 52.1 Å². The summed E-state index contributed by atoms with van der Waals surface area (Å²) in [5.74, 6) is 1.70. The van der Waals surface area contributed by atoms with E-state index in [0.29, 0.717) is 12.6 Å². The highest BCUT2D eigenvalue weighted by molar-refractivity contribution is 4.83. The van der Waals surface area contributed by atoms with E-state index in [0.717, 1.165) is 31.3 Å². The molecule has 0 bridgehead atoms. The van der Waals surface area contributed by atoms with Crippen molar-refractivity contribution >= 4 is 0 Å². The fourth-order valence-electron chi connectivity index (χ4n) is 2.39. The highest BCUT2D eigenvalue weighted by Crippen LogP contribution is 2.14. The molecule has 1 aromatic rings. The third kappa shape index (κ3) is 3.78. The molecule has 0 radical (unpaired) electrons. The molecule has 0 aliphatic carbocycles. The molecule has 0 aromatic carbocycles. The van der Waals surface area contributed by atoms with Gasteiger partial charge in [0, 0.05) is 12.6 Å². The molecule has 1 fully saturated rings. The lowest BCUT2D eigenvalue weighted by Gasteiger charge is -2.22. The minimum absolute atomic E-state index is 0.341. The first-order valence-electron chi connectivity index (χ1n) is 6.94. The Morgan fingerprint density at radius 2 is 2.44 bits per heavy atom. The molecule has 0 saturated carbocycles. The van der Waals surface area contributed by atoms with Crippen LogP contribution >= 0.6 is 0 Å². The molecule has 102 valence electrons. The van der Waals surface area contributed by atoms with Gasteiger partial charge in [-0.1, -0.05) is 0 Å². The van der Waals surface area contributed by atoms with Crippen LogP contribution in [-0.2, 0) is 11.3 Å². The van der Waals surface area contributed by atoms with Crippen LogP contribution in [0.2, 0.25) is 0 Å². The monoisotopic (exact) mass is 252 g/mol. The maximum Gasteiger partial charge on any atom is 0.153 e. The molecular weight excluding hydrogens is 228 g/mol. The van der Waals surface area contributed by atoms with Gasteiger partial charge in [0.1, 0.15) is 12.9 Å². The third-order valence-corrected chi connectivity index (χ3v) is 3.44. The molecule has 1 atom stereocenters. The van der Waals surface area contributed by atoms with Crippen LogP contribution in [0.25, 0.3) is 0 Å². The number of piperidine rings is 1. The summed E-state index contributed by atoms with van der Waals surface area (Å²) >= 11 is 0. The second-order valence-corrected chi connectivity index (χ2v) is 5.27. The van der Waals surface area contributed by atoms with Gasteiger partial charge in [0.05, 0.1) is 0 Å². The second kappa shape index (κ2) is 6.85. The van der Waals surface area contributed by atoms with Crippen molar-refractivity contribution in [2.45, 2.75) is 45.8 Å². The van der Waals surface area contributed by atoms with Crippen molar-refractivity contribution in [2.75, 3.05) is 19.7 Å². The van der Waals surface area contributed by atoms with Crippen molar-refractivity contribution in [1.29, 1.82) is 0 Å². The number of nitrogens with zero attached hydrogens (tertiary/aromatic N) is 3. The highest BCUT2D eigenvalue weighted by Gasteiger charge is 2.13.